The van der Waals surface area contributed by atoms with E-state index >= 15 is 0 Å². The zero-order chi connectivity index (χ0) is 5.70. The van der Waals surface area contributed by atoms with Crippen LogP contribution in [-0.4, -0.2) is 25.8 Å². The first-order chi connectivity index (χ1) is 3.35. The molecule has 7 heavy (non-hydrogen) atoms. The third-order valence-electron chi connectivity index (χ3n) is 0.494. The molecule has 0 aliphatic heterocycles. The van der Waals surface area contributed by atoms with Gasteiger partial charge in [-0.1, -0.05) is 0 Å². The second-order valence-corrected chi connectivity index (χ2v) is 0.910. The minimum atomic E-state index is -1.00. The topological polar surface area (TPSA) is 43.4 Å². The van der Waals surface area contributed by atoms with Gasteiger partial charge >= 0.3 is 0 Å². The maximum atomic E-state index is 9.58. The Bertz CT molecular complexity index is 61.3. The molecule has 39 valence electrons. The molecule has 0 saturated heterocycles. The van der Waals surface area contributed by atoms with Crippen LogP contribution < -0.4 is 0 Å². The first-order valence-corrected chi connectivity index (χ1v) is 1.71. The minimum Gasteiger partial charge on any atom is -0.366 e. The van der Waals surface area contributed by atoms with Gasteiger partial charge in [0.05, 0.1) is 0 Å². The fraction of sp³-hybridized carbons (Fsp3) is 0.500. The predicted molar refractivity (Wildman–Crippen MR) is 22.6 cm³/mol. The summed E-state index contributed by atoms with van der Waals surface area (Å²) >= 11 is 0. The quantitative estimate of drug-likeness (QED) is 0.349. The smallest absolute Gasteiger partial charge is 0.237 e. The molecule has 0 rings (SSSR count). The molecule has 0 spiro atoms. The lowest BCUT2D eigenvalue weighted by atomic mass is 10.4. The summed E-state index contributed by atoms with van der Waals surface area (Å²) in [5, 5.41) is 0. The normalized spacial score (nSPS) is 8.86. The molecule has 0 aliphatic rings. The van der Waals surface area contributed by atoms with Gasteiger partial charge in [0.1, 0.15) is 0 Å². The number of ether oxygens (including phenoxy) is 1. The third kappa shape index (κ3) is 2.05. The highest BCUT2D eigenvalue weighted by Crippen LogP contribution is 1.73. The molecule has 0 bridgehead atoms. The zero-order valence-corrected chi connectivity index (χ0v) is 3.88. The summed E-state index contributed by atoms with van der Waals surface area (Å²) in [6.45, 7) is 0. The van der Waals surface area contributed by atoms with Crippen LogP contribution in [0.1, 0.15) is 0 Å². The highest BCUT2D eigenvalue weighted by molar-refractivity contribution is 5.80. The molecule has 1 unspecified atom stereocenters. The Morgan fingerprint density at radius 3 is 2.43 bits per heavy atom. The van der Waals surface area contributed by atoms with Gasteiger partial charge in [0.25, 0.3) is 0 Å². The van der Waals surface area contributed by atoms with Gasteiger partial charge in [0.15, 0.2) is 12.4 Å². The molecular weight excluding hydrogens is 96.0 g/mol. The van der Waals surface area contributed by atoms with E-state index in [0.29, 0.717) is 6.29 Å². The van der Waals surface area contributed by atoms with Gasteiger partial charge in [-0.25, -0.2) is 0 Å². The molecule has 0 N–H and O–H groups in total. The molecular formula is C4H5O3. The van der Waals surface area contributed by atoms with E-state index in [-0.39, 0.29) is 0 Å². The summed E-state index contributed by atoms with van der Waals surface area (Å²) in [5.41, 5.74) is 0. The van der Waals surface area contributed by atoms with Crippen LogP contribution in [0, 0.1) is 0 Å². The van der Waals surface area contributed by atoms with Gasteiger partial charge in [-0.15, -0.1) is 0 Å². The summed E-state index contributed by atoms with van der Waals surface area (Å²) in [6.07, 6.45) is 0.743. The van der Waals surface area contributed by atoms with Crippen LogP contribution in [0.25, 0.3) is 0 Å². The summed E-state index contributed by atoms with van der Waals surface area (Å²) in [6, 6.07) is 0. The molecule has 0 aromatic rings. The Balaban J connectivity index is 3.36. The molecule has 1 radical (unpaired) electrons. The van der Waals surface area contributed by atoms with Gasteiger partial charge in [-0.2, -0.15) is 0 Å². The monoisotopic (exact) mass is 101 g/mol. The van der Waals surface area contributed by atoms with Gasteiger partial charge in [0.2, 0.25) is 6.29 Å². The number of carbonyl (C=O) groups excluding carboxylic acids is 2. The number of methoxy groups -OCH3 is 1. The molecule has 3 nitrogen and oxygen atoms in total. The van der Waals surface area contributed by atoms with Crippen LogP contribution in [0.3, 0.4) is 0 Å². The van der Waals surface area contributed by atoms with Gasteiger partial charge in [-0.05, 0) is 0 Å². The molecule has 0 amide bonds. The number of hydrogen-bond acceptors (Lipinski definition) is 3. The summed E-state index contributed by atoms with van der Waals surface area (Å²) < 4.78 is 4.26. The largest absolute Gasteiger partial charge is 0.366 e. The molecule has 0 saturated carbocycles. The van der Waals surface area contributed by atoms with E-state index < -0.39 is 6.10 Å². The van der Waals surface area contributed by atoms with Crippen LogP contribution in [-0.2, 0) is 14.3 Å². The average Bonchev–Trinajstić information content (AvgIpc) is 1.72. The van der Waals surface area contributed by atoms with Crippen molar-refractivity contribution >= 4 is 12.6 Å². The van der Waals surface area contributed by atoms with E-state index in [2.05, 4.69) is 4.74 Å². The SMILES string of the molecule is COC([C]=O)C=O. The lowest BCUT2D eigenvalue weighted by molar-refractivity contribution is -0.113. The Morgan fingerprint density at radius 2 is 2.43 bits per heavy atom. The number of hydrogen-bond donors (Lipinski definition) is 0. The first-order valence-electron chi connectivity index (χ1n) is 1.71. The van der Waals surface area contributed by atoms with Gasteiger partial charge in [0, 0.05) is 7.11 Å². The molecule has 0 fully saturated rings. The number of carbonyl (C=O) groups is 1. The van der Waals surface area contributed by atoms with Crippen molar-refractivity contribution in [2.24, 2.45) is 0 Å². The highest BCUT2D eigenvalue weighted by Gasteiger charge is 1.99. The average molecular weight is 101 g/mol. The van der Waals surface area contributed by atoms with Crippen LogP contribution in [0.4, 0.5) is 0 Å². The number of aldehydes is 1. The van der Waals surface area contributed by atoms with Crippen molar-refractivity contribution in [1.29, 1.82) is 0 Å². The molecule has 3 heteroatoms. The van der Waals surface area contributed by atoms with Crippen molar-refractivity contribution in [1.82, 2.24) is 0 Å². The van der Waals surface area contributed by atoms with E-state index in [1.807, 2.05) is 0 Å². The van der Waals surface area contributed by atoms with Crippen molar-refractivity contribution in [2.45, 2.75) is 6.10 Å². The van der Waals surface area contributed by atoms with Gasteiger partial charge < -0.3 is 4.74 Å². The maximum absolute atomic E-state index is 9.58. The summed E-state index contributed by atoms with van der Waals surface area (Å²) in [4.78, 5) is 19.1. The summed E-state index contributed by atoms with van der Waals surface area (Å²) in [5.74, 6) is 0. The van der Waals surface area contributed by atoms with Crippen molar-refractivity contribution in [2.75, 3.05) is 7.11 Å². The van der Waals surface area contributed by atoms with Gasteiger partial charge in [-0.3, -0.25) is 9.59 Å². The first kappa shape index (κ1) is 6.30. The van der Waals surface area contributed by atoms with Crippen LogP contribution in [0.15, 0.2) is 0 Å². The zero-order valence-electron chi connectivity index (χ0n) is 3.88. The van der Waals surface area contributed by atoms with Crippen molar-refractivity contribution in [3.05, 3.63) is 0 Å². The maximum Gasteiger partial charge on any atom is 0.237 e. The Labute approximate surface area is 41.3 Å². The molecule has 1 atom stereocenters. The summed E-state index contributed by atoms with van der Waals surface area (Å²) in [7, 11) is 1.27. The lowest BCUT2D eigenvalue weighted by Gasteiger charge is -1.91. The van der Waals surface area contributed by atoms with E-state index in [0.717, 1.165) is 0 Å². The Hall–Kier alpha value is -0.700. The third-order valence-corrected chi connectivity index (χ3v) is 0.494. The van der Waals surface area contributed by atoms with Crippen LogP contribution in [0.2, 0.25) is 0 Å². The minimum absolute atomic E-state index is 0.382. The van der Waals surface area contributed by atoms with E-state index in [9.17, 15) is 9.59 Å². The van der Waals surface area contributed by atoms with Crippen molar-refractivity contribution in [3.63, 3.8) is 0 Å². The fourth-order valence-electron chi connectivity index (χ4n) is 0.131. The standard InChI is InChI=1S/C4H5O3/c1-7-4(2-5)3-6/h2,4H,1H3. The van der Waals surface area contributed by atoms with E-state index in [1.165, 1.54) is 13.4 Å². The van der Waals surface area contributed by atoms with Crippen molar-refractivity contribution in [3.8, 4) is 0 Å². The van der Waals surface area contributed by atoms with Crippen LogP contribution in [0.5, 0.6) is 0 Å². The molecule has 0 aromatic heterocycles. The highest BCUT2D eigenvalue weighted by atomic mass is 16.5. The lowest BCUT2D eigenvalue weighted by Crippen LogP contribution is -2.12. The Kier molecular flexibility index (Phi) is 3.14. The second-order valence-electron chi connectivity index (χ2n) is 0.910. The van der Waals surface area contributed by atoms with E-state index in [1.54, 1.807) is 0 Å². The van der Waals surface area contributed by atoms with Crippen LogP contribution >= 0.6 is 0 Å². The number of rotatable bonds is 3. The molecule has 0 aromatic carbocycles. The second kappa shape index (κ2) is 3.49. The molecule has 0 aliphatic carbocycles. The Morgan fingerprint density at radius 1 is 1.86 bits per heavy atom. The van der Waals surface area contributed by atoms with Crippen molar-refractivity contribution < 1.29 is 14.3 Å². The fourth-order valence-corrected chi connectivity index (χ4v) is 0.131. The van der Waals surface area contributed by atoms with E-state index in [4.69, 9.17) is 0 Å². The molecule has 0 heterocycles. The predicted octanol–water partition coefficient (Wildman–Crippen LogP) is -0.690.